The molecule has 0 spiro atoms. The van der Waals surface area contributed by atoms with Gasteiger partial charge in [-0.25, -0.2) is 0 Å². The number of nitrogens with zero attached hydrogens (tertiary/aromatic N) is 3. The van der Waals surface area contributed by atoms with Crippen molar-refractivity contribution in [3.63, 3.8) is 0 Å². The second kappa shape index (κ2) is 5.48. The van der Waals surface area contributed by atoms with Gasteiger partial charge in [0.2, 0.25) is 0 Å². The summed E-state index contributed by atoms with van der Waals surface area (Å²) in [5, 5.41) is 0. The predicted molar refractivity (Wildman–Crippen MR) is 73.4 cm³/mol. The van der Waals surface area contributed by atoms with Crippen LogP contribution < -0.4 is 5.73 Å². The maximum absolute atomic E-state index is 12.3. The lowest BCUT2D eigenvalue weighted by Crippen LogP contribution is -2.27. The van der Waals surface area contributed by atoms with Crippen LogP contribution in [0.5, 0.6) is 0 Å². The molecule has 5 nitrogen and oxygen atoms in total. The van der Waals surface area contributed by atoms with E-state index < -0.39 is 0 Å². The van der Waals surface area contributed by atoms with Crippen molar-refractivity contribution in [2.24, 2.45) is 0 Å². The fraction of sp³-hybridized carbons (Fsp3) is 0.214. The molecule has 1 amide bonds. The molecule has 0 atom stereocenters. The summed E-state index contributed by atoms with van der Waals surface area (Å²) < 4.78 is 0. The number of anilines is 1. The first kappa shape index (κ1) is 13.0. The van der Waals surface area contributed by atoms with Crippen molar-refractivity contribution >= 4 is 11.6 Å². The van der Waals surface area contributed by atoms with E-state index in [0.717, 1.165) is 5.56 Å². The van der Waals surface area contributed by atoms with Crippen LogP contribution in [0.4, 0.5) is 5.69 Å². The summed E-state index contributed by atoms with van der Waals surface area (Å²) in [6.45, 7) is 2.32. The van der Waals surface area contributed by atoms with Crippen LogP contribution >= 0.6 is 0 Å². The smallest absolute Gasteiger partial charge is 0.255 e. The minimum Gasteiger partial charge on any atom is -0.397 e. The maximum atomic E-state index is 12.3. The molecule has 0 saturated carbocycles. The second-order valence-corrected chi connectivity index (χ2v) is 4.42. The maximum Gasteiger partial charge on any atom is 0.255 e. The number of hydrogen-bond donors (Lipinski definition) is 1. The van der Waals surface area contributed by atoms with Gasteiger partial charge in [-0.2, -0.15) is 0 Å². The highest BCUT2D eigenvalue weighted by atomic mass is 16.2. The Bertz CT molecular complexity index is 583. The summed E-state index contributed by atoms with van der Waals surface area (Å²) >= 11 is 0. The van der Waals surface area contributed by atoms with E-state index in [2.05, 4.69) is 9.97 Å². The molecule has 5 heteroatoms. The Morgan fingerprint density at radius 2 is 2.05 bits per heavy atom. The molecule has 0 aromatic carbocycles. The third-order valence-corrected chi connectivity index (χ3v) is 2.85. The number of carbonyl (C=O) groups excluding carboxylic acids is 1. The van der Waals surface area contributed by atoms with Gasteiger partial charge in [0.05, 0.1) is 23.1 Å². The molecule has 98 valence electrons. The van der Waals surface area contributed by atoms with Crippen molar-refractivity contribution in [1.29, 1.82) is 0 Å². The molecular formula is C14H16N4O. The largest absolute Gasteiger partial charge is 0.397 e. The highest BCUT2D eigenvalue weighted by Gasteiger charge is 2.15. The molecule has 2 rings (SSSR count). The van der Waals surface area contributed by atoms with Crippen molar-refractivity contribution in [1.82, 2.24) is 14.9 Å². The van der Waals surface area contributed by atoms with Gasteiger partial charge in [-0.1, -0.05) is 0 Å². The third kappa shape index (κ3) is 3.07. The molecule has 0 bridgehead atoms. The van der Waals surface area contributed by atoms with Gasteiger partial charge in [-0.15, -0.1) is 0 Å². The van der Waals surface area contributed by atoms with E-state index in [1.165, 1.54) is 0 Å². The van der Waals surface area contributed by atoms with E-state index in [1.807, 2.05) is 12.1 Å². The summed E-state index contributed by atoms with van der Waals surface area (Å²) in [5.41, 5.74) is 8.42. The number of nitrogens with two attached hydrogens (primary N) is 1. The fourth-order valence-electron chi connectivity index (χ4n) is 1.81. The highest BCUT2D eigenvalue weighted by Crippen LogP contribution is 2.13. The van der Waals surface area contributed by atoms with Gasteiger partial charge in [-0.3, -0.25) is 14.8 Å². The van der Waals surface area contributed by atoms with E-state index in [-0.39, 0.29) is 5.91 Å². The van der Waals surface area contributed by atoms with E-state index in [9.17, 15) is 4.79 Å². The van der Waals surface area contributed by atoms with E-state index in [1.54, 1.807) is 43.5 Å². The number of amides is 1. The molecule has 2 aromatic rings. The van der Waals surface area contributed by atoms with Crippen LogP contribution in [0.2, 0.25) is 0 Å². The van der Waals surface area contributed by atoms with Crippen LogP contribution in [-0.4, -0.2) is 27.8 Å². The average Bonchev–Trinajstić information content (AvgIpc) is 2.42. The van der Waals surface area contributed by atoms with Gasteiger partial charge >= 0.3 is 0 Å². The van der Waals surface area contributed by atoms with Gasteiger partial charge in [0, 0.05) is 26.0 Å². The first-order valence-corrected chi connectivity index (χ1v) is 5.94. The molecule has 0 fully saturated rings. The minimum atomic E-state index is -0.0888. The van der Waals surface area contributed by atoms with Gasteiger partial charge in [0.25, 0.3) is 5.91 Å². The Hall–Kier alpha value is -2.43. The van der Waals surface area contributed by atoms with Crippen LogP contribution in [0.3, 0.4) is 0 Å². The monoisotopic (exact) mass is 256 g/mol. The Morgan fingerprint density at radius 3 is 2.74 bits per heavy atom. The lowest BCUT2D eigenvalue weighted by Gasteiger charge is -2.18. The summed E-state index contributed by atoms with van der Waals surface area (Å²) in [6, 6.07) is 5.43. The second-order valence-electron chi connectivity index (χ2n) is 4.42. The number of pyridine rings is 2. The van der Waals surface area contributed by atoms with Crippen molar-refractivity contribution in [2.45, 2.75) is 13.5 Å². The van der Waals surface area contributed by atoms with Crippen LogP contribution in [0, 0.1) is 6.92 Å². The molecule has 0 radical (unpaired) electrons. The number of hydrogen-bond acceptors (Lipinski definition) is 4. The number of carbonyl (C=O) groups is 1. The molecule has 0 unspecified atom stereocenters. The van der Waals surface area contributed by atoms with Crippen LogP contribution in [0.15, 0.2) is 36.8 Å². The zero-order chi connectivity index (χ0) is 13.8. The van der Waals surface area contributed by atoms with Gasteiger partial charge in [0.15, 0.2) is 0 Å². The quantitative estimate of drug-likeness (QED) is 0.906. The Balaban J connectivity index is 2.17. The molecule has 2 heterocycles. The molecule has 0 aliphatic heterocycles. The first-order chi connectivity index (χ1) is 9.08. The number of rotatable bonds is 3. The zero-order valence-corrected chi connectivity index (χ0v) is 11.0. The number of nitrogen functional groups attached to an aromatic ring is 1. The van der Waals surface area contributed by atoms with Crippen LogP contribution in [-0.2, 0) is 6.54 Å². The highest BCUT2D eigenvalue weighted by molar-refractivity contribution is 5.95. The van der Waals surface area contributed by atoms with Crippen LogP contribution in [0.1, 0.15) is 21.6 Å². The third-order valence-electron chi connectivity index (χ3n) is 2.85. The van der Waals surface area contributed by atoms with E-state index >= 15 is 0 Å². The van der Waals surface area contributed by atoms with Crippen molar-refractivity contribution < 1.29 is 4.79 Å². The lowest BCUT2D eigenvalue weighted by molar-refractivity contribution is 0.0784. The fourth-order valence-corrected chi connectivity index (χ4v) is 1.81. The molecule has 0 aliphatic rings. The summed E-state index contributed by atoms with van der Waals surface area (Å²) in [5.74, 6) is -0.0888. The Kier molecular flexibility index (Phi) is 3.75. The van der Waals surface area contributed by atoms with Crippen molar-refractivity contribution in [3.05, 3.63) is 53.6 Å². The first-order valence-electron chi connectivity index (χ1n) is 5.94. The normalized spacial score (nSPS) is 10.2. The van der Waals surface area contributed by atoms with Gasteiger partial charge in [0.1, 0.15) is 0 Å². The molecule has 0 aliphatic carbocycles. The SMILES string of the molecule is Cc1ncc(N)cc1C(=O)N(C)Cc1ccncc1. The summed E-state index contributed by atoms with van der Waals surface area (Å²) in [7, 11) is 1.76. The van der Waals surface area contributed by atoms with Crippen molar-refractivity contribution in [2.75, 3.05) is 12.8 Å². The van der Waals surface area contributed by atoms with E-state index in [0.29, 0.717) is 23.5 Å². The molecule has 2 aromatic heterocycles. The topological polar surface area (TPSA) is 72.1 Å². The Morgan fingerprint density at radius 1 is 1.37 bits per heavy atom. The van der Waals surface area contributed by atoms with Gasteiger partial charge in [-0.05, 0) is 30.7 Å². The zero-order valence-electron chi connectivity index (χ0n) is 11.0. The van der Waals surface area contributed by atoms with Gasteiger partial charge < -0.3 is 10.6 Å². The molecule has 0 saturated heterocycles. The summed E-state index contributed by atoms with van der Waals surface area (Å²) in [4.78, 5) is 22.0. The number of aromatic nitrogens is 2. The molecule has 19 heavy (non-hydrogen) atoms. The molecular weight excluding hydrogens is 240 g/mol. The average molecular weight is 256 g/mol. The van der Waals surface area contributed by atoms with Crippen LogP contribution in [0.25, 0.3) is 0 Å². The lowest BCUT2D eigenvalue weighted by atomic mass is 10.1. The standard InChI is InChI=1S/C14H16N4O/c1-10-13(7-12(15)8-17-10)14(19)18(2)9-11-3-5-16-6-4-11/h3-8H,9,15H2,1-2H3. The summed E-state index contributed by atoms with van der Waals surface area (Å²) in [6.07, 6.45) is 4.97. The molecule has 2 N–H and O–H groups in total. The Labute approximate surface area is 112 Å². The minimum absolute atomic E-state index is 0.0888. The van der Waals surface area contributed by atoms with Crippen molar-refractivity contribution in [3.8, 4) is 0 Å². The van der Waals surface area contributed by atoms with E-state index in [4.69, 9.17) is 5.73 Å². The number of aryl methyl sites for hydroxylation is 1. The predicted octanol–water partition coefficient (Wildman–Crippen LogP) is 1.64.